The second-order valence-electron chi connectivity index (χ2n) is 5.98. The summed E-state index contributed by atoms with van der Waals surface area (Å²) in [4.78, 5) is 17.4. The molecule has 0 aromatic heterocycles. The van der Waals surface area contributed by atoms with E-state index in [-0.39, 0.29) is 13.6 Å². The minimum Gasteiger partial charge on any atom is -0.324 e. The van der Waals surface area contributed by atoms with Crippen LogP contribution in [-0.2, 0) is 4.57 Å². The second kappa shape index (κ2) is 16.5. The molecule has 0 bridgehead atoms. The average Bonchev–Trinajstić information content (AvgIpc) is 2.38. The summed E-state index contributed by atoms with van der Waals surface area (Å²) in [5, 5.41) is 0. The van der Waals surface area contributed by atoms with E-state index in [9.17, 15) is 4.57 Å². The first-order chi connectivity index (χ1) is 9.56. The SMILES string of the molecule is C.CCCCCCCCCCCCCCCCP(=O)(O)O. The van der Waals surface area contributed by atoms with Crippen molar-refractivity contribution in [2.45, 2.75) is 104 Å². The summed E-state index contributed by atoms with van der Waals surface area (Å²) in [6.07, 6.45) is 17.7. The maximum absolute atomic E-state index is 10.6. The maximum atomic E-state index is 10.6. The van der Waals surface area contributed by atoms with Gasteiger partial charge in [-0.3, -0.25) is 4.57 Å². The molecular weight excluding hydrogens is 283 g/mol. The van der Waals surface area contributed by atoms with Gasteiger partial charge in [0.15, 0.2) is 0 Å². The Morgan fingerprint density at radius 1 is 0.619 bits per heavy atom. The number of hydrogen-bond donors (Lipinski definition) is 2. The van der Waals surface area contributed by atoms with Crippen LogP contribution in [0.2, 0.25) is 0 Å². The van der Waals surface area contributed by atoms with E-state index >= 15 is 0 Å². The molecular formula is C17H39O3P. The standard InChI is InChI=1S/C16H35O3P.CH4/c1-2-3-4-5-6-7-8-9-10-11-12-13-14-15-16-20(17,18)19;/h2-16H2,1H3,(H2,17,18,19);1H4. The van der Waals surface area contributed by atoms with E-state index in [2.05, 4.69) is 6.92 Å². The molecule has 0 saturated carbocycles. The van der Waals surface area contributed by atoms with Gasteiger partial charge >= 0.3 is 7.60 Å². The van der Waals surface area contributed by atoms with E-state index in [1.54, 1.807) is 0 Å². The van der Waals surface area contributed by atoms with Crippen LogP contribution in [0, 0.1) is 0 Å². The minimum absolute atomic E-state index is 0. The molecule has 0 aliphatic rings. The van der Waals surface area contributed by atoms with Crippen molar-refractivity contribution in [2.24, 2.45) is 0 Å². The Balaban J connectivity index is 0. The van der Waals surface area contributed by atoms with Crippen LogP contribution in [0.25, 0.3) is 0 Å². The first-order valence-electron chi connectivity index (χ1n) is 8.61. The minimum atomic E-state index is -3.75. The monoisotopic (exact) mass is 322 g/mol. The lowest BCUT2D eigenvalue weighted by atomic mass is 10.0. The van der Waals surface area contributed by atoms with Gasteiger partial charge in [0.2, 0.25) is 0 Å². The number of unbranched alkanes of at least 4 members (excludes halogenated alkanes) is 13. The quantitative estimate of drug-likeness (QED) is 0.275. The van der Waals surface area contributed by atoms with Crippen molar-refractivity contribution in [1.82, 2.24) is 0 Å². The first-order valence-corrected chi connectivity index (χ1v) is 10.4. The van der Waals surface area contributed by atoms with Crippen molar-refractivity contribution in [3.05, 3.63) is 0 Å². The molecule has 0 atom stereocenters. The Morgan fingerprint density at radius 3 is 1.19 bits per heavy atom. The molecule has 4 heteroatoms. The Labute approximate surface area is 133 Å². The molecule has 0 spiro atoms. The molecule has 0 aromatic carbocycles. The Morgan fingerprint density at radius 2 is 0.905 bits per heavy atom. The van der Waals surface area contributed by atoms with E-state index in [4.69, 9.17) is 9.79 Å². The molecule has 3 nitrogen and oxygen atoms in total. The molecule has 0 aromatic rings. The van der Waals surface area contributed by atoms with Crippen LogP contribution in [0.4, 0.5) is 0 Å². The third-order valence-electron chi connectivity index (χ3n) is 3.80. The first kappa shape index (κ1) is 23.4. The molecule has 0 rings (SSSR count). The molecule has 0 radical (unpaired) electrons. The van der Waals surface area contributed by atoms with E-state index < -0.39 is 7.60 Å². The summed E-state index contributed by atoms with van der Waals surface area (Å²) >= 11 is 0. The predicted octanol–water partition coefficient (Wildman–Crippen LogP) is 6.28. The van der Waals surface area contributed by atoms with Crippen LogP contribution in [0.5, 0.6) is 0 Å². The zero-order valence-electron chi connectivity index (χ0n) is 13.4. The molecule has 0 fully saturated rings. The van der Waals surface area contributed by atoms with Crippen molar-refractivity contribution in [2.75, 3.05) is 6.16 Å². The van der Waals surface area contributed by atoms with Crippen LogP contribution >= 0.6 is 7.60 Å². The number of rotatable bonds is 15. The van der Waals surface area contributed by atoms with Gasteiger partial charge in [0.25, 0.3) is 0 Å². The van der Waals surface area contributed by atoms with Crippen LogP contribution in [-0.4, -0.2) is 15.9 Å². The topological polar surface area (TPSA) is 57.5 Å². The molecule has 21 heavy (non-hydrogen) atoms. The highest BCUT2D eigenvalue weighted by Gasteiger charge is 2.10. The van der Waals surface area contributed by atoms with Gasteiger partial charge in [0, 0.05) is 6.16 Å². The third-order valence-corrected chi connectivity index (χ3v) is 4.70. The summed E-state index contributed by atoms with van der Waals surface area (Å²) in [6.45, 7) is 2.26. The van der Waals surface area contributed by atoms with Crippen molar-refractivity contribution in [3.8, 4) is 0 Å². The fourth-order valence-corrected chi connectivity index (χ4v) is 3.15. The van der Waals surface area contributed by atoms with Gasteiger partial charge in [0.05, 0.1) is 0 Å². The largest absolute Gasteiger partial charge is 0.325 e. The van der Waals surface area contributed by atoms with Crippen LogP contribution in [0.15, 0.2) is 0 Å². The Bertz CT molecular complexity index is 238. The molecule has 0 saturated heterocycles. The van der Waals surface area contributed by atoms with Crippen molar-refractivity contribution < 1.29 is 14.4 Å². The highest BCUT2D eigenvalue weighted by atomic mass is 31.2. The fourth-order valence-electron chi connectivity index (χ4n) is 2.51. The van der Waals surface area contributed by atoms with E-state index in [0.29, 0.717) is 6.42 Å². The van der Waals surface area contributed by atoms with Crippen molar-refractivity contribution >= 4 is 7.60 Å². The lowest BCUT2D eigenvalue weighted by Gasteiger charge is -2.04. The molecule has 2 N–H and O–H groups in total. The van der Waals surface area contributed by atoms with E-state index in [0.717, 1.165) is 12.8 Å². The molecule has 0 aliphatic carbocycles. The van der Waals surface area contributed by atoms with Gasteiger partial charge in [-0.05, 0) is 6.42 Å². The summed E-state index contributed by atoms with van der Waals surface area (Å²) < 4.78 is 10.6. The smallest absolute Gasteiger partial charge is 0.324 e. The normalized spacial score (nSPS) is 11.4. The molecule has 0 aliphatic heterocycles. The molecule has 0 unspecified atom stereocenters. The lowest BCUT2D eigenvalue weighted by molar-refractivity contribution is 0.370. The highest BCUT2D eigenvalue weighted by molar-refractivity contribution is 7.51. The zero-order chi connectivity index (χ0) is 15.1. The van der Waals surface area contributed by atoms with Gasteiger partial charge < -0.3 is 9.79 Å². The van der Waals surface area contributed by atoms with Crippen molar-refractivity contribution in [1.29, 1.82) is 0 Å². The predicted molar refractivity (Wildman–Crippen MR) is 94.0 cm³/mol. The molecule has 0 heterocycles. The van der Waals surface area contributed by atoms with E-state index in [1.165, 1.54) is 70.6 Å². The maximum Gasteiger partial charge on any atom is 0.325 e. The van der Waals surface area contributed by atoms with Gasteiger partial charge in [-0.2, -0.15) is 0 Å². The molecule has 130 valence electrons. The third kappa shape index (κ3) is 22.6. The lowest BCUT2D eigenvalue weighted by Crippen LogP contribution is -1.88. The van der Waals surface area contributed by atoms with Crippen molar-refractivity contribution in [3.63, 3.8) is 0 Å². The summed E-state index contributed by atoms with van der Waals surface area (Å²) in [5.74, 6) is 0. The Kier molecular flexibility index (Phi) is 18.4. The number of hydrogen-bond acceptors (Lipinski definition) is 1. The van der Waals surface area contributed by atoms with E-state index in [1.807, 2.05) is 0 Å². The summed E-state index contributed by atoms with van der Waals surface area (Å²) in [6, 6.07) is 0. The van der Waals surface area contributed by atoms with Gasteiger partial charge in [0.1, 0.15) is 0 Å². The zero-order valence-corrected chi connectivity index (χ0v) is 14.3. The molecule has 0 amide bonds. The van der Waals surface area contributed by atoms with Gasteiger partial charge in [-0.1, -0.05) is 97.8 Å². The van der Waals surface area contributed by atoms with Gasteiger partial charge in [-0.25, -0.2) is 0 Å². The highest BCUT2D eigenvalue weighted by Crippen LogP contribution is 2.35. The Hall–Kier alpha value is 0.150. The summed E-state index contributed by atoms with van der Waals surface area (Å²) in [5.41, 5.74) is 0. The summed E-state index contributed by atoms with van der Waals surface area (Å²) in [7, 11) is -3.75. The fraction of sp³-hybridized carbons (Fsp3) is 1.00. The second-order valence-corrected chi connectivity index (χ2v) is 7.76. The van der Waals surface area contributed by atoms with Crippen LogP contribution in [0.3, 0.4) is 0 Å². The van der Waals surface area contributed by atoms with Crippen LogP contribution < -0.4 is 0 Å². The van der Waals surface area contributed by atoms with Crippen LogP contribution in [0.1, 0.15) is 104 Å². The van der Waals surface area contributed by atoms with Gasteiger partial charge in [-0.15, -0.1) is 0 Å². The average molecular weight is 322 g/mol.